The molecule has 0 aliphatic carbocycles. The van der Waals surface area contributed by atoms with E-state index in [2.05, 4.69) is 16.1 Å². The minimum absolute atomic E-state index is 0.254. The third-order valence-corrected chi connectivity index (χ3v) is 9.62. The molecule has 3 aliphatic heterocycles. The molecule has 11 heteroatoms. The fourth-order valence-corrected chi connectivity index (χ4v) is 6.52. The van der Waals surface area contributed by atoms with Crippen molar-refractivity contribution >= 4 is 40.5 Å². The lowest BCUT2D eigenvalue weighted by Crippen LogP contribution is -2.61. The number of hydrogen-bond acceptors (Lipinski definition) is 8. The minimum Gasteiger partial charge on any atom is -0.457 e. The van der Waals surface area contributed by atoms with Crippen molar-refractivity contribution in [2.75, 3.05) is 19.6 Å². The number of nitrogens with zero attached hydrogens (tertiary/aromatic N) is 2. The SMILES string of the molecule is CC(C)[C@@H]1NC(=O)C2(/C=C/c3ccc4ccc(cc4c3)[C@@H](C)OC(=O)[C@@H]3CCCN(N3)C(=O)[C@H](C)NC1=O)CCN(C(C)O)CC2. The van der Waals surface area contributed by atoms with Crippen molar-refractivity contribution in [3.63, 3.8) is 0 Å². The Labute approximate surface area is 270 Å². The third kappa shape index (κ3) is 7.27. The third-order valence-electron chi connectivity index (χ3n) is 9.62. The molecule has 3 aliphatic rings. The van der Waals surface area contributed by atoms with Crippen molar-refractivity contribution in [3.05, 3.63) is 53.6 Å². The summed E-state index contributed by atoms with van der Waals surface area (Å²) < 4.78 is 5.86. The Bertz CT molecular complexity index is 1500. The molecule has 5 bridgehead atoms. The predicted octanol–water partition coefficient (Wildman–Crippen LogP) is 3.03. The van der Waals surface area contributed by atoms with Crippen molar-refractivity contribution in [2.45, 2.75) is 90.8 Å². The highest BCUT2D eigenvalue weighted by molar-refractivity contribution is 5.94. The molecule has 11 nitrogen and oxygen atoms in total. The Balaban J connectivity index is 1.53. The number of aliphatic hydroxyl groups excluding tert-OH is 1. The first-order valence-corrected chi connectivity index (χ1v) is 16.4. The monoisotopic (exact) mass is 633 g/mol. The van der Waals surface area contributed by atoms with Gasteiger partial charge in [-0.15, -0.1) is 0 Å². The van der Waals surface area contributed by atoms with E-state index >= 15 is 0 Å². The molecular weight excluding hydrogens is 586 g/mol. The molecule has 0 aromatic heterocycles. The van der Waals surface area contributed by atoms with Gasteiger partial charge in [0.15, 0.2) is 0 Å². The van der Waals surface area contributed by atoms with Gasteiger partial charge in [-0.1, -0.05) is 50.3 Å². The molecule has 2 aromatic carbocycles. The summed E-state index contributed by atoms with van der Waals surface area (Å²) >= 11 is 0. The summed E-state index contributed by atoms with van der Waals surface area (Å²) in [5, 5.41) is 19.4. The summed E-state index contributed by atoms with van der Waals surface area (Å²) in [4.78, 5) is 56.2. The van der Waals surface area contributed by atoms with Crippen molar-refractivity contribution in [1.29, 1.82) is 0 Å². The van der Waals surface area contributed by atoms with Gasteiger partial charge in [-0.05, 0) is 86.4 Å². The van der Waals surface area contributed by atoms with Gasteiger partial charge in [-0.2, -0.15) is 0 Å². The molecule has 1 unspecified atom stereocenters. The number of rotatable bonds is 2. The Morgan fingerprint density at radius 3 is 2.35 bits per heavy atom. The van der Waals surface area contributed by atoms with Crippen LogP contribution in [0.2, 0.25) is 0 Å². The van der Waals surface area contributed by atoms with Gasteiger partial charge in [0, 0.05) is 19.6 Å². The van der Waals surface area contributed by atoms with Gasteiger partial charge in [0.1, 0.15) is 30.5 Å². The number of amides is 3. The molecule has 5 rings (SSSR count). The largest absolute Gasteiger partial charge is 0.457 e. The first kappa shape index (κ1) is 33.6. The minimum atomic E-state index is -0.911. The van der Waals surface area contributed by atoms with E-state index < -0.39 is 47.7 Å². The smallest absolute Gasteiger partial charge is 0.325 e. The first-order chi connectivity index (χ1) is 21.9. The average Bonchev–Trinajstić information content (AvgIpc) is 3.04. The van der Waals surface area contributed by atoms with Gasteiger partial charge in [0.25, 0.3) is 5.91 Å². The lowest BCUT2D eigenvalue weighted by Gasteiger charge is -2.41. The van der Waals surface area contributed by atoms with E-state index in [0.29, 0.717) is 45.3 Å². The van der Waals surface area contributed by atoms with Crippen molar-refractivity contribution in [2.24, 2.45) is 11.3 Å². The highest BCUT2D eigenvalue weighted by atomic mass is 16.5. The second-order valence-electron chi connectivity index (χ2n) is 13.3. The Morgan fingerprint density at radius 1 is 0.935 bits per heavy atom. The number of benzene rings is 2. The van der Waals surface area contributed by atoms with E-state index in [1.807, 2.05) is 74.2 Å². The summed E-state index contributed by atoms with van der Waals surface area (Å²) in [6.07, 6.45) is 4.76. The summed E-state index contributed by atoms with van der Waals surface area (Å²) in [6.45, 7) is 10.3. The molecule has 2 fully saturated rings. The number of hydrogen-bond donors (Lipinski definition) is 4. The second kappa shape index (κ2) is 13.9. The van der Waals surface area contributed by atoms with E-state index in [9.17, 15) is 24.3 Å². The van der Waals surface area contributed by atoms with Crippen LogP contribution < -0.4 is 16.1 Å². The molecular formula is C35H47N5O6. The van der Waals surface area contributed by atoms with Gasteiger partial charge >= 0.3 is 5.97 Å². The van der Waals surface area contributed by atoms with Crippen LogP contribution in [0.25, 0.3) is 16.8 Å². The second-order valence-corrected chi connectivity index (χ2v) is 13.3. The van der Waals surface area contributed by atoms with E-state index in [1.54, 1.807) is 13.8 Å². The fourth-order valence-electron chi connectivity index (χ4n) is 6.52. The highest BCUT2D eigenvalue weighted by Crippen LogP contribution is 2.36. The summed E-state index contributed by atoms with van der Waals surface area (Å²) in [6, 6.07) is 9.52. The van der Waals surface area contributed by atoms with Crippen LogP contribution in [0.3, 0.4) is 0 Å². The molecule has 3 amide bonds. The van der Waals surface area contributed by atoms with Gasteiger partial charge in [-0.25, -0.2) is 5.43 Å². The van der Waals surface area contributed by atoms with Crippen LogP contribution in [0.5, 0.6) is 0 Å². The van der Waals surface area contributed by atoms with E-state index in [1.165, 1.54) is 5.01 Å². The van der Waals surface area contributed by atoms with Crippen LogP contribution in [0.4, 0.5) is 0 Å². The number of nitrogens with one attached hydrogen (secondary N) is 3. The lowest BCUT2D eigenvalue weighted by molar-refractivity contribution is -0.157. The molecule has 2 aromatic rings. The zero-order valence-corrected chi connectivity index (χ0v) is 27.4. The Morgan fingerprint density at radius 2 is 1.65 bits per heavy atom. The number of cyclic esters (lactones) is 1. The fraction of sp³-hybridized carbons (Fsp3) is 0.543. The number of aliphatic hydroxyl groups is 1. The highest BCUT2D eigenvalue weighted by Gasteiger charge is 2.42. The van der Waals surface area contributed by atoms with Gasteiger partial charge < -0.3 is 20.5 Å². The molecule has 2 saturated heterocycles. The zero-order valence-electron chi connectivity index (χ0n) is 27.4. The normalized spacial score (nSPS) is 28.1. The standard InChI is InChI=1S/C35H47N5O6/c1-21(2)30-31(42)36-22(3)32(43)40-16-6-7-29(38-40)33(44)46-23(4)27-11-10-26-9-8-25(19-28(26)20-27)12-13-35(34(45)37-30)14-17-39(18-15-35)24(5)41/h8-13,19-24,29-30,38,41H,6-7,14-18H2,1-5H3,(H,36,42)(H,37,45)/b13-12+/t22-,23+,24?,29-,30-/m0/s1. The Kier molecular flexibility index (Phi) is 10.1. The van der Waals surface area contributed by atoms with Crippen LogP contribution in [0.1, 0.15) is 77.5 Å². The summed E-state index contributed by atoms with van der Waals surface area (Å²) in [7, 11) is 0. The quantitative estimate of drug-likeness (QED) is 0.370. The van der Waals surface area contributed by atoms with Gasteiger partial charge in [-0.3, -0.25) is 29.1 Å². The number of piperidine rings is 1. The van der Waals surface area contributed by atoms with E-state index in [-0.39, 0.29) is 17.7 Å². The van der Waals surface area contributed by atoms with Crippen LogP contribution >= 0.6 is 0 Å². The van der Waals surface area contributed by atoms with Crippen LogP contribution in [-0.4, -0.2) is 82.7 Å². The number of carbonyl (C=O) groups excluding carboxylic acids is 4. The number of esters is 1. The van der Waals surface area contributed by atoms with Crippen LogP contribution in [0, 0.1) is 11.3 Å². The predicted molar refractivity (Wildman–Crippen MR) is 175 cm³/mol. The van der Waals surface area contributed by atoms with E-state index in [4.69, 9.17) is 4.74 Å². The van der Waals surface area contributed by atoms with Gasteiger partial charge in [0.2, 0.25) is 11.8 Å². The maximum Gasteiger partial charge on any atom is 0.325 e. The van der Waals surface area contributed by atoms with Crippen molar-refractivity contribution < 1.29 is 29.0 Å². The zero-order chi connectivity index (χ0) is 33.2. The maximum atomic E-state index is 14.2. The average molecular weight is 634 g/mol. The van der Waals surface area contributed by atoms with Crippen LogP contribution in [0.15, 0.2) is 42.5 Å². The molecule has 3 heterocycles. The molecule has 248 valence electrons. The Hall–Kier alpha value is -3.80. The number of fused-ring (bicyclic) bond motifs is 4. The van der Waals surface area contributed by atoms with Crippen LogP contribution in [-0.2, 0) is 23.9 Å². The molecule has 5 atom stereocenters. The molecule has 4 N–H and O–H groups in total. The van der Waals surface area contributed by atoms with E-state index in [0.717, 1.165) is 21.9 Å². The summed E-state index contributed by atoms with van der Waals surface area (Å²) in [5.41, 5.74) is 3.85. The van der Waals surface area contributed by atoms with Crippen molar-refractivity contribution in [3.8, 4) is 0 Å². The topological polar surface area (TPSA) is 140 Å². The molecule has 46 heavy (non-hydrogen) atoms. The van der Waals surface area contributed by atoms with Crippen molar-refractivity contribution in [1.82, 2.24) is 26.0 Å². The first-order valence-electron chi connectivity index (χ1n) is 16.4. The number of hydrazine groups is 1. The molecule has 0 radical (unpaired) electrons. The molecule has 1 spiro atoms. The number of ether oxygens (including phenoxy) is 1. The molecule has 0 saturated carbocycles. The number of carbonyl (C=O) groups is 4. The maximum absolute atomic E-state index is 14.2. The number of likely N-dealkylation sites (tertiary alicyclic amines) is 1. The lowest BCUT2D eigenvalue weighted by atomic mass is 9.76. The summed E-state index contributed by atoms with van der Waals surface area (Å²) in [5.74, 6) is -1.80. The van der Waals surface area contributed by atoms with Gasteiger partial charge in [0.05, 0.1) is 5.41 Å².